The van der Waals surface area contributed by atoms with Crippen molar-refractivity contribution in [2.75, 3.05) is 11.4 Å². The molecule has 0 atom stereocenters. The van der Waals surface area contributed by atoms with Gasteiger partial charge < -0.3 is 0 Å². The molecule has 0 radical (unpaired) electrons. The third-order valence-electron chi connectivity index (χ3n) is 3.88. The van der Waals surface area contributed by atoms with Crippen LogP contribution in [0.5, 0.6) is 0 Å². The van der Waals surface area contributed by atoms with Crippen LogP contribution in [-0.4, -0.2) is 26.8 Å². The van der Waals surface area contributed by atoms with Gasteiger partial charge in [-0.1, -0.05) is 26.0 Å². The van der Waals surface area contributed by atoms with E-state index in [1.165, 1.54) is 24.3 Å². The van der Waals surface area contributed by atoms with E-state index in [9.17, 15) is 18.0 Å². The second kappa shape index (κ2) is 6.42. The molecule has 7 heteroatoms. The number of fused-ring (bicyclic) bond motifs is 1. The number of amides is 2. The largest absolute Gasteiger partial charge is 0.268 e. The lowest BCUT2D eigenvalue weighted by Crippen LogP contribution is -2.30. The number of nitrogens with one attached hydrogen (secondary N) is 1. The Morgan fingerprint density at radius 2 is 1.44 bits per heavy atom. The third kappa shape index (κ3) is 3.20. The van der Waals surface area contributed by atoms with Crippen LogP contribution in [0.2, 0.25) is 0 Å². The molecule has 1 aliphatic heterocycles. The summed E-state index contributed by atoms with van der Waals surface area (Å²) in [5, 5.41) is 0. The van der Waals surface area contributed by atoms with E-state index in [1.54, 1.807) is 24.3 Å². The second-order valence-corrected chi connectivity index (χ2v) is 8.00. The Morgan fingerprint density at radius 1 is 0.920 bits per heavy atom. The van der Waals surface area contributed by atoms with Crippen molar-refractivity contribution in [1.82, 2.24) is 4.72 Å². The lowest BCUT2D eigenvalue weighted by molar-refractivity contribution is 0.0926. The number of benzene rings is 2. The van der Waals surface area contributed by atoms with Gasteiger partial charge in [-0.15, -0.1) is 0 Å². The Balaban J connectivity index is 1.87. The molecule has 25 heavy (non-hydrogen) atoms. The minimum absolute atomic E-state index is 0.0912. The first-order valence-corrected chi connectivity index (χ1v) is 9.37. The molecule has 0 unspecified atom stereocenters. The number of hydrogen-bond acceptors (Lipinski definition) is 4. The molecule has 6 nitrogen and oxygen atoms in total. The van der Waals surface area contributed by atoms with Crippen molar-refractivity contribution in [1.29, 1.82) is 0 Å². The number of rotatable bonds is 5. The van der Waals surface area contributed by atoms with Gasteiger partial charge >= 0.3 is 0 Å². The number of hydrogen-bond donors (Lipinski definition) is 1. The summed E-state index contributed by atoms with van der Waals surface area (Å²) in [5.74, 6) is -0.629. The predicted molar refractivity (Wildman–Crippen MR) is 94.1 cm³/mol. The second-order valence-electron chi connectivity index (χ2n) is 6.23. The molecule has 0 saturated carbocycles. The number of imide groups is 1. The summed E-state index contributed by atoms with van der Waals surface area (Å²) in [6.07, 6.45) is 0. The van der Waals surface area contributed by atoms with Crippen LogP contribution in [-0.2, 0) is 10.0 Å². The fraction of sp³-hybridized carbons (Fsp3) is 0.222. The first kappa shape index (κ1) is 17.3. The van der Waals surface area contributed by atoms with E-state index in [4.69, 9.17) is 0 Å². The van der Waals surface area contributed by atoms with E-state index in [0.29, 0.717) is 23.4 Å². The monoisotopic (exact) mass is 358 g/mol. The first-order valence-electron chi connectivity index (χ1n) is 7.89. The Hall–Kier alpha value is -2.51. The smallest absolute Gasteiger partial charge is 0.266 e. The number of carbonyl (C=O) groups excluding carboxylic acids is 2. The van der Waals surface area contributed by atoms with Crippen molar-refractivity contribution in [3.8, 4) is 0 Å². The average Bonchev–Trinajstić information content (AvgIpc) is 2.85. The minimum atomic E-state index is -3.61. The van der Waals surface area contributed by atoms with Crippen LogP contribution in [0.3, 0.4) is 0 Å². The van der Waals surface area contributed by atoms with E-state index in [-0.39, 0.29) is 10.8 Å². The molecule has 130 valence electrons. The Kier molecular flexibility index (Phi) is 4.45. The van der Waals surface area contributed by atoms with Gasteiger partial charge in [0.1, 0.15) is 0 Å². The molecule has 3 rings (SSSR count). The van der Waals surface area contributed by atoms with Crippen LogP contribution in [0.1, 0.15) is 34.6 Å². The molecular weight excluding hydrogens is 340 g/mol. The van der Waals surface area contributed by atoms with E-state index in [0.717, 1.165) is 4.90 Å². The molecule has 2 aromatic carbocycles. The van der Waals surface area contributed by atoms with Gasteiger partial charge in [-0.2, -0.15) is 0 Å². The molecule has 1 aliphatic rings. The molecule has 1 N–H and O–H groups in total. The van der Waals surface area contributed by atoms with Crippen LogP contribution in [0, 0.1) is 5.92 Å². The lowest BCUT2D eigenvalue weighted by atomic mass is 10.1. The van der Waals surface area contributed by atoms with Crippen molar-refractivity contribution < 1.29 is 18.0 Å². The normalized spacial score (nSPS) is 14.3. The van der Waals surface area contributed by atoms with E-state index in [1.807, 2.05) is 13.8 Å². The number of nitrogens with zero attached hydrogens (tertiary/aromatic N) is 1. The predicted octanol–water partition coefficient (Wildman–Crippen LogP) is 2.42. The van der Waals surface area contributed by atoms with E-state index < -0.39 is 21.8 Å². The van der Waals surface area contributed by atoms with Crippen molar-refractivity contribution in [3.05, 3.63) is 59.7 Å². The van der Waals surface area contributed by atoms with Crippen molar-refractivity contribution in [3.63, 3.8) is 0 Å². The van der Waals surface area contributed by atoms with Gasteiger partial charge in [0.15, 0.2) is 0 Å². The van der Waals surface area contributed by atoms with Gasteiger partial charge in [0.25, 0.3) is 11.8 Å². The van der Waals surface area contributed by atoms with Crippen LogP contribution in [0.4, 0.5) is 5.69 Å². The maximum atomic E-state index is 12.4. The summed E-state index contributed by atoms with van der Waals surface area (Å²) in [6, 6.07) is 12.3. The van der Waals surface area contributed by atoms with E-state index in [2.05, 4.69) is 4.72 Å². The topological polar surface area (TPSA) is 83.6 Å². The van der Waals surface area contributed by atoms with Gasteiger partial charge in [-0.25, -0.2) is 18.0 Å². The number of sulfonamides is 1. The summed E-state index contributed by atoms with van der Waals surface area (Å²) in [7, 11) is -3.61. The molecule has 1 heterocycles. The van der Waals surface area contributed by atoms with Crippen LogP contribution < -0.4 is 9.62 Å². The molecule has 0 saturated heterocycles. The maximum Gasteiger partial charge on any atom is 0.266 e. The fourth-order valence-electron chi connectivity index (χ4n) is 2.56. The van der Waals surface area contributed by atoms with Gasteiger partial charge in [0.05, 0.1) is 21.7 Å². The Bertz CT molecular complexity index is 899. The minimum Gasteiger partial charge on any atom is -0.268 e. The van der Waals surface area contributed by atoms with Crippen LogP contribution >= 0.6 is 0 Å². The summed E-state index contributed by atoms with van der Waals surface area (Å²) < 4.78 is 27.0. The Labute approximate surface area is 146 Å². The summed E-state index contributed by atoms with van der Waals surface area (Å²) in [6.45, 7) is 4.16. The molecule has 0 aliphatic carbocycles. The first-order chi connectivity index (χ1) is 11.8. The highest BCUT2D eigenvalue weighted by Gasteiger charge is 2.36. The van der Waals surface area contributed by atoms with Gasteiger partial charge in [-0.05, 0) is 42.3 Å². The SMILES string of the molecule is CC(C)CNS(=O)(=O)c1ccc(N2C(=O)c3ccccc3C2=O)cc1. The van der Waals surface area contributed by atoms with Crippen molar-refractivity contribution in [2.24, 2.45) is 5.92 Å². The summed E-state index contributed by atoms with van der Waals surface area (Å²) in [5.41, 5.74) is 1.04. The highest BCUT2D eigenvalue weighted by Crippen LogP contribution is 2.28. The molecular formula is C18H18N2O4S. The fourth-order valence-corrected chi connectivity index (χ4v) is 3.77. The summed E-state index contributed by atoms with van der Waals surface area (Å²) in [4.78, 5) is 26.0. The maximum absolute atomic E-state index is 12.4. The molecule has 0 aromatic heterocycles. The molecule has 2 aromatic rings. The average molecular weight is 358 g/mol. The molecule has 0 bridgehead atoms. The summed E-state index contributed by atoms with van der Waals surface area (Å²) >= 11 is 0. The van der Waals surface area contributed by atoms with Crippen molar-refractivity contribution in [2.45, 2.75) is 18.7 Å². The van der Waals surface area contributed by atoms with Crippen LogP contribution in [0.25, 0.3) is 0 Å². The quantitative estimate of drug-likeness (QED) is 0.832. The number of carbonyl (C=O) groups is 2. The Morgan fingerprint density at radius 3 is 1.92 bits per heavy atom. The highest BCUT2D eigenvalue weighted by molar-refractivity contribution is 7.89. The molecule has 2 amide bonds. The molecule has 0 spiro atoms. The van der Waals surface area contributed by atoms with Gasteiger partial charge in [-0.3, -0.25) is 9.59 Å². The lowest BCUT2D eigenvalue weighted by Gasteiger charge is -2.15. The zero-order valence-electron chi connectivity index (χ0n) is 13.9. The highest BCUT2D eigenvalue weighted by atomic mass is 32.2. The zero-order chi connectivity index (χ0) is 18.2. The van der Waals surface area contributed by atoms with Gasteiger partial charge in [0, 0.05) is 6.54 Å². The van der Waals surface area contributed by atoms with Gasteiger partial charge in [0.2, 0.25) is 10.0 Å². The van der Waals surface area contributed by atoms with Crippen LogP contribution in [0.15, 0.2) is 53.4 Å². The van der Waals surface area contributed by atoms with Crippen molar-refractivity contribution >= 4 is 27.5 Å². The molecule has 0 fully saturated rings. The third-order valence-corrected chi connectivity index (χ3v) is 5.32. The number of anilines is 1. The standard InChI is InChI=1S/C18H18N2O4S/c1-12(2)11-19-25(23,24)14-9-7-13(8-10-14)20-17(21)15-5-3-4-6-16(15)18(20)22/h3-10,12,19H,11H2,1-2H3. The van der Waals surface area contributed by atoms with E-state index >= 15 is 0 Å². The zero-order valence-corrected chi connectivity index (χ0v) is 14.7.